The van der Waals surface area contributed by atoms with Crippen molar-refractivity contribution in [1.82, 2.24) is 5.32 Å². The summed E-state index contributed by atoms with van der Waals surface area (Å²) in [5.74, 6) is 0.121. The molecule has 0 heterocycles. The quantitative estimate of drug-likeness (QED) is 0.650. The van der Waals surface area contributed by atoms with E-state index >= 15 is 0 Å². The van der Waals surface area contributed by atoms with Gasteiger partial charge in [-0.2, -0.15) is 0 Å². The molecular weight excluding hydrogens is 262 g/mol. The van der Waals surface area contributed by atoms with Gasteiger partial charge in [0.2, 0.25) is 5.91 Å². The van der Waals surface area contributed by atoms with Gasteiger partial charge in [0.1, 0.15) is 0 Å². The molecule has 1 aromatic rings. The third-order valence-corrected chi connectivity index (χ3v) is 3.53. The zero-order valence-corrected chi connectivity index (χ0v) is 13.6. The molecule has 118 valence electrons. The molecule has 0 bridgehead atoms. The lowest BCUT2D eigenvalue weighted by atomic mass is 10.2. The van der Waals surface area contributed by atoms with Gasteiger partial charge >= 0.3 is 0 Å². The Hall–Kier alpha value is -1.71. The van der Waals surface area contributed by atoms with Crippen LogP contribution in [0.25, 0.3) is 0 Å². The van der Waals surface area contributed by atoms with Crippen molar-refractivity contribution in [3.05, 3.63) is 24.3 Å². The van der Waals surface area contributed by atoms with Gasteiger partial charge in [0.15, 0.2) is 0 Å². The molecule has 0 unspecified atom stereocenters. The summed E-state index contributed by atoms with van der Waals surface area (Å²) >= 11 is 0. The third-order valence-electron chi connectivity index (χ3n) is 3.53. The van der Waals surface area contributed by atoms with Crippen LogP contribution in [0.1, 0.15) is 40.0 Å². The molecule has 0 aliphatic rings. The zero-order chi connectivity index (χ0) is 15.5. The number of nitrogens with zero attached hydrogens (tertiary/aromatic N) is 1. The van der Waals surface area contributed by atoms with E-state index in [1.807, 2.05) is 0 Å². The summed E-state index contributed by atoms with van der Waals surface area (Å²) < 4.78 is 0. The standard InChI is InChI=1S/C17H29N3O/c1-4-7-13-19-17(21)12-14-18-15-8-10-16(11-9-15)20(5-2)6-3/h8-11,18H,4-7,12-14H2,1-3H3,(H,19,21). The van der Waals surface area contributed by atoms with Crippen molar-refractivity contribution in [2.75, 3.05) is 36.4 Å². The van der Waals surface area contributed by atoms with Crippen molar-refractivity contribution in [3.8, 4) is 0 Å². The van der Waals surface area contributed by atoms with E-state index in [1.54, 1.807) is 0 Å². The SMILES string of the molecule is CCCCNC(=O)CCNc1ccc(N(CC)CC)cc1. The highest BCUT2D eigenvalue weighted by Crippen LogP contribution is 2.17. The summed E-state index contributed by atoms with van der Waals surface area (Å²) in [7, 11) is 0. The molecule has 2 N–H and O–H groups in total. The first-order valence-electron chi connectivity index (χ1n) is 8.06. The highest BCUT2D eigenvalue weighted by atomic mass is 16.1. The molecule has 1 rings (SSSR count). The summed E-state index contributed by atoms with van der Waals surface area (Å²) in [4.78, 5) is 13.9. The van der Waals surface area contributed by atoms with Crippen LogP contribution in [0.4, 0.5) is 11.4 Å². The first-order chi connectivity index (χ1) is 10.2. The third kappa shape index (κ3) is 6.52. The second-order valence-electron chi connectivity index (χ2n) is 5.10. The Morgan fingerprint density at radius 3 is 2.29 bits per heavy atom. The fourth-order valence-corrected chi connectivity index (χ4v) is 2.19. The lowest BCUT2D eigenvalue weighted by Crippen LogP contribution is -2.26. The van der Waals surface area contributed by atoms with Crippen LogP contribution in [0, 0.1) is 0 Å². The molecular formula is C17H29N3O. The van der Waals surface area contributed by atoms with Crippen molar-refractivity contribution in [3.63, 3.8) is 0 Å². The summed E-state index contributed by atoms with van der Waals surface area (Å²) in [5, 5.41) is 6.21. The molecule has 1 amide bonds. The number of anilines is 2. The molecule has 0 aliphatic carbocycles. The number of nitrogens with one attached hydrogen (secondary N) is 2. The van der Waals surface area contributed by atoms with Gasteiger partial charge in [-0.05, 0) is 44.5 Å². The van der Waals surface area contributed by atoms with Gasteiger partial charge in [-0.1, -0.05) is 13.3 Å². The Morgan fingerprint density at radius 1 is 1.05 bits per heavy atom. The number of benzene rings is 1. The topological polar surface area (TPSA) is 44.4 Å². The first kappa shape index (κ1) is 17.3. The van der Waals surface area contributed by atoms with Crippen LogP contribution >= 0.6 is 0 Å². The van der Waals surface area contributed by atoms with Gasteiger partial charge < -0.3 is 15.5 Å². The van der Waals surface area contributed by atoms with Gasteiger partial charge in [0, 0.05) is 44.0 Å². The van der Waals surface area contributed by atoms with Crippen molar-refractivity contribution >= 4 is 17.3 Å². The normalized spacial score (nSPS) is 10.2. The fraction of sp³-hybridized carbons (Fsp3) is 0.588. The maximum absolute atomic E-state index is 11.6. The van der Waals surface area contributed by atoms with Crippen molar-refractivity contribution in [2.45, 2.75) is 40.0 Å². The van der Waals surface area contributed by atoms with Crippen LogP contribution in [-0.2, 0) is 4.79 Å². The summed E-state index contributed by atoms with van der Waals surface area (Å²) in [6.07, 6.45) is 2.67. The molecule has 0 aromatic heterocycles. The largest absolute Gasteiger partial charge is 0.385 e. The number of amides is 1. The van der Waals surface area contributed by atoms with E-state index in [1.165, 1.54) is 5.69 Å². The Kier molecular flexibility index (Phi) is 8.32. The summed E-state index contributed by atoms with van der Waals surface area (Å²) in [6, 6.07) is 8.39. The lowest BCUT2D eigenvalue weighted by molar-refractivity contribution is -0.120. The number of hydrogen-bond donors (Lipinski definition) is 2. The number of carbonyl (C=O) groups excluding carboxylic acids is 1. The Morgan fingerprint density at radius 2 is 1.71 bits per heavy atom. The van der Waals surface area contributed by atoms with E-state index in [4.69, 9.17) is 0 Å². The summed E-state index contributed by atoms with van der Waals surface area (Å²) in [6.45, 7) is 9.92. The van der Waals surface area contributed by atoms with Crippen LogP contribution in [0.5, 0.6) is 0 Å². The van der Waals surface area contributed by atoms with Gasteiger partial charge in [0.05, 0.1) is 0 Å². The zero-order valence-electron chi connectivity index (χ0n) is 13.6. The molecule has 0 fully saturated rings. The van der Waals surface area contributed by atoms with Crippen molar-refractivity contribution in [1.29, 1.82) is 0 Å². The van der Waals surface area contributed by atoms with Crippen LogP contribution in [0.15, 0.2) is 24.3 Å². The molecule has 21 heavy (non-hydrogen) atoms. The van der Waals surface area contributed by atoms with Gasteiger partial charge in [-0.15, -0.1) is 0 Å². The van der Waals surface area contributed by atoms with Crippen LogP contribution in [-0.4, -0.2) is 32.1 Å². The van der Waals surface area contributed by atoms with E-state index in [-0.39, 0.29) is 5.91 Å². The Bertz CT molecular complexity index is 399. The van der Waals surface area contributed by atoms with Gasteiger partial charge in [-0.25, -0.2) is 0 Å². The van der Waals surface area contributed by atoms with Crippen molar-refractivity contribution in [2.24, 2.45) is 0 Å². The molecule has 0 saturated heterocycles. The molecule has 4 heteroatoms. The predicted molar refractivity (Wildman–Crippen MR) is 91.0 cm³/mol. The van der Waals surface area contributed by atoms with E-state index < -0.39 is 0 Å². The molecule has 0 radical (unpaired) electrons. The first-order valence-corrected chi connectivity index (χ1v) is 8.06. The second kappa shape index (κ2) is 10.1. The molecule has 1 aromatic carbocycles. The van der Waals surface area contributed by atoms with Gasteiger partial charge in [-0.3, -0.25) is 4.79 Å². The molecule has 0 saturated carbocycles. The van der Waals surface area contributed by atoms with Crippen molar-refractivity contribution < 1.29 is 4.79 Å². The molecule has 4 nitrogen and oxygen atoms in total. The molecule has 0 spiro atoms. The fourth-order valence-electron chi connectivity index (χ4n) is 2.19. The maximum atomic E-state index is 11.6. The van der Waals surface area contributed by atoms with Crippen LogP contribution in [0.3, 0.4) is 0 Å². The van der Waals surface area contributed by atoms with Crippen LogP contribution < -0.4 is 15.5 Å². The minimum Gasteiger partial charge on any atom is -0.385 e. The number of carbonyl (C=O) groups is 1. The smallest absolute Gasteiger partial charge is 0.221 e. The van der Waals surface area contributed by atoms with E-state index in [0.29, 0.717) is 13.0 Å². The van der Waals surface area contributed by atoms with Crippen LogP contribution in [0.2, 0.25) is 0 Å². The van der Waals surface area contributed by atoms with E-state index in [2.05, 4.69) is 60.6 Å². The average Bonchev–Trinajstić information content (AvgIpc) is 2.50. The Balaban J connectivity index is 2.31. The summed E-state index contributed by atoms with van der Waals surface area (Å²) in [5.41, 5.74) is 2.30. The molecule has 0 aliphatic heterocycles. The highest BCUT2D eigenvalue weighted by molar-refractivity contribution is 5.76. The second-order valence-corrected chi connectivity index (χ2v) is 5.10. The average molecular weight is 291 g/mol. The highest BCUT2D eigenvalue weighted by Gasteiger charge is 2.02. The molecule has 0 atom stereocenters. The Labute approximate surface area is 128 Å². The monoisotopic (exact) mass is 291 g/mol. The maximum Gasteiger partial charge on any atom is 0.221 e. The van der Waals surface area contributed by atoms with Gasteiger partial charge in [0.25, 0.3) is 0 Å². The minimum atomic E-state index is 0.121. The van der Waals surface area contributed by atoms with E-state index in [0.717, 1.165) is 38.2 Å². The lowest BCUT2D eigenvalue weighted by Gasteiger charge is -2.21. The number of rotatable bonds is 10. The van der Waals surface area contributed by atoms with E-state index in [9.17, 15) is 4.79 Å². The number of unbranched alkanes of at least 4 members (excludes halogenated alkanes) is 1. The number of hydrogen-bond acceptors (Lipinski definition) is 3. The predicted octanol–water partition coefficient (Wildman–Crippen LogP) is 3.25. The minimum absolute atomic E-state index is 0.121.